The average molecular weight is 428 g/mol. The van der Waals surface area contributed by atoms with Crippen LogP contribution in [0.4, 0.5) is 8.78 Å². The van der Waals surface area contributed by atoms with E-state index < -0.39 is 17.4 Å². The van der Waals surface area contributed by atoms with Crippen molar-refractivity contribution in [3.8, 4) is 11.4 Å². The number of hydrogen-bond donors (Lipinski definition) is 1. The highest BCUT2D eigenvalue weighted by molar-refractivity contribution is 6.00. The van der Waals surface area contributed by atoms with Gasteiger partial charge < -0.3 is 24.1 Å². The first-order chi connectivity index (χ1) is 14.9. The van der Waals surface area contributed by atoms with Gasteiger partial charge in [-0.25, -0.2) is 13.8 Å². The van der Waals surface area contributed by atoms with Crippen molar-refractivity contribution >= 4 is 5.84 Å². The van der Waals surface area contributed by atoms with Gasteiger partial charge in [-0.3, -0.25) is 0 Å². The lowest BCUT2D eigenvalue weighted by Gasteiger charge is -2.34. The van der Waals surface area contributed by atoms with Crippen LogP contribution in [0.2, 0.25) is 0 Å². The summed E-state index contributed by atoms with van der Waals surface area (Å²) in [6.45, 7) is 3.56. The first kappa shape index (κ1) is 20.8. The van der Waals surface area contributed by atoms with Crippen molar-refractivity contribution in [3.05, 3.63) is 77.4 Å². The summed E-state index contributed by atoms with van der Waals surface area (Å²) in [4.78, 5) is 11.6. The van der Waals surface area contributed by atoms with Gasteiger partial charge in [-0.1, -0.05) is 5.16 Å². The Morgan fingerprint density at radius 3 is 2.61 bits per heavy atom. The summed E-state index contributed by atoms with van der Waals surface area (Å²) in [6.07, 6.45) is 3.58. The molecule has 0 aliphatic carbocycles. The second-order valence-electron chi connectivity index (χ2n) is 7.30. The van der Waals surface area contributed by atoms with Crippen molar-refractivity contribution in [2.75, 3.05) is 20.3 Å². The minimum absolute atomic E-state index is 0.166. The van der Waals surface area contributed by atoms with Crippen LogP contribution in [-0.2, 0) is 10.6 Å². The van der Waals surface area contributed by atoms with Crippen LogP contribution >= 0.6 is 0 Å². The van der Waals surface area contributed by atoms with Gasteiger partial charge in [-0.2, -0.15) is 0 Å². The molecule has 0 radical (unpaired) electrons. The predicted molar refractivity (Wildman–Crippen MR) is 110 cm³/mol. The van der Waals surface area contributed by atoms with E-state index in [1.54, 1.807) is 31.3 Å². The highest BCUT2D eigenvalue weighted by atomic mass is 19.2. The molecule has 3 aromatic rings. The zero-order valence-electron chi connectivity index (χ0n) is 17.3. The Balaban J connectivity index is 1.72. The van der Waals surface area contributed by atoms with Crippen LogP contribution in [0.15, 0.2) is 54.1 Å². The first-order valence-corrected chi connectivity index (χ1v) is 9.67. The van der Waals surface area contributed by atoms with Gasteiger partial charge in [-0.05, 0) is 43.3 Å². The number of hydrogen-bond acceptors (Lipinski definition) is 6. The number of aromatic nitrogens is 2. The average Bonchev–Trinajstić information content (AvgIpc) is 3.34. The molecule has 0 fully saturated rings. The summed E-state index contributed by atoms with van der Waals surface area (Å²) < 4.78 is 34.7. The van der Waals surface area contributed by atoms with Crippen molar-refractivity contribution in [1.29, 1.82) is 0 Å². The van der Waals surface area contributed by atoms with Gasteiger partial charge in [0.1, 0.15) is 5.75 Å². The number of imidazole rings is 1. The number of oxime groups is 1. The molecule has 0 spiro atoms. The van der Waals surface area contributed by atoms with Crippen LogP contribution in [0.5, 0.6) is 5.75 Å². The van der Waals surface area contributed by atoms with E-state index in [0.29, 0.717) is 22.7 Å². The Labute approximate surface area is 178 Å². The number of benzene rings is 2. The van der Waals surface area contributed by atoms with E-state index in [1.165, 1.54) is 6.07 Å². The molecular weight excluding hydrogens is 406 g/mol. The molecule has 2 aromatic carbocycles. The molecule has 1 aromatic heterocycles. The number of nitrogens with zero attached hydrogens (tertiary/aromatic N) is 4. The van der Waals surface area contributed by atoms with E-state index in [4.69, 9.17) is 9.57 Å². The van der Waals surface area contributed by atoms with Crippen LogP contribution in [0, 0.1) is 18.6 Å². The fourth-order valence-corrected chi connectivity index (χ4v) is 3.64. The highest BCUT2D eigenvalue weighted by Gasteiger charge is 2.44. The Morgan fingerprint density at radius 2 is 1.97 bits per heavy atom. The number of rotatable bonds is 6. The molecule has 31 heavy (non-hydrogen) atoms. The molecule has 162 valence electrons. The maximum atomic E-state index is 13.9. The molecule has 4 rings (SSSR count). The van der Waals surface area contributed by atoms with Gasteiger partial charge in [0, 0.05) is 30.8 Å². The smallest absolute Gasteiger partial charge is 0.234 e. The molecule has 9 heteroatoms. The van der Waals surface area contributed by atoms with Crippen molar-refractivity contribution in [3.63, 3.8) is 0 Å². The van der Waals surface area contributed by atoms with Gasteiger partial charge in [0.2, 0.25) is 5.72 Å². The summed E-state index contributed by atoms with van der Waals surface area (Å²) in [6, 6.07) is 9.06. The van der Waals surface area contributed by atoms with Gasteiger partial charge >= 0.3 is 0 Å². The van der Waals surface area contributed by atoms with E-state index in [0.717, 1.165) is 23.5 Å². The van der Waals surface area contributed by atoms with Gasteiger partial charge in [-0.15, -0.1) is 0 Å². The second kappa shape index (κ2) is 7.99. The molecular formula is C22H22F2N4O3. The molecule has 1 aliphatic heterocycles. The van der Waals surface area contributed by atoms with Crippen LogP contribution in [-0.4, -0.2) is 45.7 Å². The zero-order chi connectivity index (χ0) is 22.2. The molecule has 7 nitrogen and oxygen atoms in total. The van der Waals surface area contributed by atoms with Crippen LogP contribution in [0.25, 0.3) is 5.69 Å². The molecule has 0 bridgehead atoms. The van der Waals surface area contributed by atoms with Crippen molar-refractivity contribution in [1.82, 2.24) is 14.5 Å². The van der Waals surface area contributed by atoms with E-state index in [-0.39, 0.29) is 13.2 Å². The third kappa shape index (κ3) is 3.61. The molecule has 0 saturated heterocycles. The SMILES string of the molecule is COc1cc(C2=NOC(C)(c3ccc(F)c(F)c3)N2CCO)ccc1-n1cnc(C)c1. The minimum Gasteiger partial charge on any atom is -0.495 e. The summed E-state index contributed by atoms with van der Waals surface area (Å²) in [5.74, 6) is -0.910. The predicted octanol–water partition coefficient (Wildman–Crippen LogP) is 3.33. The maximum absolute atomic E-state index is 13.9. The number of methoxy groups -OCH3 is 1. The number of amidine groups is 1. The summed E-state index contributed by atoms with van der Waals surface area (Å²) >= 11 is 0. The Hall–Kier alpha value is -3.46. The Kier molecular flexibility index (Phi) is 5.36. The normalized spacial score (nSPS) is 18.1. The lowest BCUT2D eigenvalue weighted by Crippen LogP contribution is -2.45. The van der Waals surface area contributed by atoms with Crippen LogP contribution < -0.4 is 4.74 Å². The largest absolute Gasteiger partial charge is 0.495 e. The molecule has 0 saturated carbocycles. The number of β-amino-alcohol motifs (C(OH)–C–C–N with tert-alkyl or cyclic N) is 1. The number of ether oxygens (including phenoxy) is 1. The molecule has 1 aliphatic rings. The van der Waals surface area contributed by atoms with Crippen molar-refractivity contribution in [2.45, 2.75) is 19.6 Å². The fourth-order valence-electron chi connectivity index (χ4n) is 3.64. The monoisotopic (exact) mass is 428 g/mol. The Bertz CT molecular complexity index is 1150. The molecule has 1 unspecified atom stereocenters. The lowest BCUT2D eigenvalue weighted by atomic mass is 10.0. The Morgan fingerprint density at radius 1 is 1.16 bits per heavy atom. The topological polar surface area (TPSA) is 72.1 Å². The molecule has 2 heterocycles. The number of aliphatic hydroxyl groups is 1. The summed E-state index contributed by atoms with van der Waals surface area (Å²) in [5, 5.41) is 13.9. The highest BCUT2D eigenvalue weighted by Crippen LogP contribution is 2.38. The van der Waals surface area contributed by atoms with Gasteiger partial charge in [0.05, 0.1) is 31.4 Å². The van der Waals surface area contributed by atoms with Crippen molar-refractivity contribution < 1.29 is 23.5 Å². The third-order valence-corrected chi connectivity index (χ3v) is 5.29. The summed E-state index contributed by atoms with van der Waals surface area (Å²) in [5.41, 5.74) is 1.49. The standard InChI is InChI=1S/C22H22F2N4O3/c1-14-12-27(13-25-14)19-7-4-15(10-20(19)30-3)21-26-31-22(2,28(21)8-9-29)16-5-6-17(23)18(24)11-16/h4-7,10-13,29H,8-9H2,1-3H3. The lowest BCUT2D eigenvalue weighted by molar-refractivity contribution is -0.0935. The van der Waals surface area contributed by atoms with E-state index in [1.807, 2.05) is 29.8 Å². The number of aliphatic hydroxyl groups excluding tert-OH is 1. The van der Waals surface area contributed by atoms with Gasteiger partial charge in [0.25, 0.3) is 0 Å². The third-order valence-electron chi connectivity index (χ3n) is 5.29. The molecule has 1 N–H and O–H groups in total. The first-order valence-electron chi connectivity index (χ1n) is 9.67. The molecule has 1 atom stereocenters. The van der Waals surface area contributed by atoms with Crippen LogP contribution in [0.3, 0.4) is 0 Å². The zero-order valence-corrected chi connectivity index (χ0v) is 17.3. The van der Waals surface area contributed by atoms with E-state index >= 15 is 0 Å². The maximum Gasteiger partial charge on any atom is 0.234 e. The van der Waals surface area contributed by atoms with Crippen LogP contribution in [0.1, 0.15) is 23.7 Å². The quantitative estimate of drug-likeness (QED) is 0.652. The van der Waals surface area contributed by atoms with Crippen molar-refractivity contribution in [2.24, 2.45) is 5.16 Å². The number of halogens is 2. The minimum atomic E-state index is -1.22. The van der Waals surface area contributed by atoms with E-state index in [9.17, 15) is 13.9 Å². The van der Waals surface area contributed by atoms with Gasteiger partial charge in [0.15, 0.2) is 17.5 Å². The van der Waals surface area contributed by atoms with E-state index in [2.05, 4.69) is 10.1 Å². The fraction of sp³-hybridized carbons (Fsp3) is 0.273. The number of aryl methyl sites for hydroxylation is 1. The molecule has 0 amide bonds. The second-order valence-corrected chi connectivity index (χ2v) is 7.30. The summed E-state index contributed by atoms with van der Waals surface area (Å²) in [7, 11) is 1.57.